The smallest absolute Gasteiger partial charge is 0.301 e. The maximum atomic E-state index is 13.3. The number of aliphatic hydroxyl groups excluding tert-OH is 1. The number of thiazole rings is 1. The van der Waals surface area contributed by atoms with E-state index in [0.29, 0.717) is 22.5 Å². The summed E-state index contributed by atoms with van der Waals surface area (Å²) in [5, 5.41) is 22.0. The number of nitrogens with zero attached hydrogens (tertiary/aromatic N) is 4. The first-order valence-electron chi connectivity index (χ1n) is 11.3. The lowest BCUT2D eigenvalue weighted by Crippen LogP contribution is -2.29. The van der Waals surface area contributed by atoms with E-state index < -0.39 is 32.5 Å². The van der Waals surface area contributed by atoms with Gasteiger partial charge in [0.05, 0.1) is 27.6 Å². The molecule has 3 heterocycles. The maximum Gasteiger partial charge on any atom is 0.301 e. The van der Waals surface area contributed by atoms with Crippen LogP contribution in [-0.4, -0.2) is 40.1 Å². The zero-order valence-corrected chi connectivity index (χ0v) is 21.7. The minimum absolute atomic E-state index is 0.0885. The van der Waals surface area contributed by atoms with Crippen molar-refractivity contribution in [1.29, 1.82) is 0 Å². The van der Waals surface area contributed by atoms with Crippen molar-refractivity contribution in [1.82, 2.24) is 9.97 Å². The molecule has 0 aliphatic carbocycles. The Morgan fingerprint density at radius 2 is 1.74 bits per heavy atom. The summed E-state index contributed by atoms with van der Waals surface area (Å²) in [5.74, 6) is -2.34. The zero-order valence-electron chi connectivity index (χ0n) is 20.1. The molecule has 13 heteroatoms. The SMILES string of the molecule is Cc1ccc(C(O)=C2C(=O)C(=O)N(c3ncc(S(=O)(=O)c4ccc([N+](=O)[O-])cc4)s3)C2c2cccnc2)cc1. The summed E-state index contributed by atoms with van der Waals surface area (Å²) in [5.41, 5.74) is 1.20. The highest BCUT2D eigenvalue weighted by molar-refractivity contribution is 7.93. The molecule has 4 aromatic rings. The van der Waals surface area contributed by atoms with E-state index in [1.54, 1.807) is 36.4 Å². The van der Waals surface area contributed by atoms with Crippen molar-refractivity contribution in [3.8, 4) is 0 Å². The number of nitro groups is 1. The lowest BCUT2D eigenvalue weighted by molar-refractivity contribution is -0.384. The monoisotopic (exact) mass is 562 g/mol. The molecule has 0 saturated carbocycles. The van der Waals surface area contributed by atoms with E-state index in [4.69, 9.17) is 0 Å². The second kappa shape index (κ2) is 9.85. The van der Waals surface area contributed by atoms with E-state index in [9.17, 15) is 33.2 Å². The number of carbonyl (C=O) groups excluding carboxylic acids is 2. The number of rotatable bonds is 6. The summed E-state index contributed by atoms with van der Waals surface area (Å²) >= 11 is 0.653. The molecule has 1 amide bonds. The number of aromatic nitrogens is 2. The molecule has 1 N–H and O–H groups in total. The molecule has 1 atom stereocenters. The Morgan fingerprint density at radius 1 is 1.05 bits per heavy atom. The number of hydrogen-bond acceptors (Lipinski definition) is 10. The first-order chi connectivity index (χ1) is 18.6. The van der Waals surface area contributed by atoms with Gasteiger partial charge in [-0.25, -0.2) is 13.4 Å². The molecule has 2 aromatic carbocycles. The van der Waals surface area contributed by atoms with Crippen LogP contribution in [0, 0.1) is 17.0 Å². The van der Waals surface area contributed by atoms with Crippen molar-refractivity contribution in [2.24, 2.45) is 0 Å². The Labute approximate surface area is 225 Å². The fourth-order valence-electron chi connectivity index (χ4n) is 4.10. The third-order valence-corrected chi connectivity index (χ3v) is 9.30. The molecule has 1 fully saturated rings. The number of amides is 1. The summed E-state index contributed by atoms with van der Waals surface area (Å²) in [4.78, 5) is 45.9. The summed E-state index contributed by atoms with van der Waals surface area (Å²) in [6.45, 7) is 1.86. The predicted octanol–water partition coefficient (Wildman–Crippen LogP) is 4.21. The molecule has 0 bridgehead atoms. The number of benzene rings is 2. The number of Topliss-reactive ketones (excluding diaryl/α,β-unsaturated/α-hetero) is 1. The van der Waals surface area contributed by atoms with Gasteiger partial charge in [-0.3, -0.25) is 29.6 Å². The van der Waals surface area contributed by atoms with Crippen LogP contribution in [0.2, 0.25) is 0 Å². The Kier molecular flexibility index (Phi) is 6.54. The summed E-state index contributed by atoms with van der Waals surface area (Å²) in [6, 6.07) is 13.2. The Hall–Kier alpha value is -4.75. The molecule has 1 saturated heterocycles. The van der Waals surface area contributed by atoms with Crippen LogP contribution >= 0.6 is 11.3 Å². The van der Waals surface area contributed by atoms with Crippen molar-refractivity contribution in [2.45, 2.75) is 22.1 Å². The number of aliphatic hydroxyl groups is 1. The van der Waals surface area contributed by atoms with Gasteiger partial charge in [-0.05, 0) is 30.7 Å². The Balaban J connectivity index is 1.61. The van der Waals surface area contributed by atoms with Gasteiger partial charge in [-0.15, -0.1) is 0 Å². The van der Waals surface area contributed by atoms with Gasteiger partial charge >= 0.3 is 5.91 Å². The number of pyridine rings is 1. The topological polar surface area (TPSA) is 161 Å². The Bertz CT molecular complexity index is 1750. The highest BCUT2D eigenvalue weighted by atomic mass is 32.2. The van der Waals surface area contributed by atoms with Crippen molar-refractivity contribution in [3.63, 3.8) is 0 Å². The second-order valence-corrected chi connectivity index (χ2v) is 11.7. The van der Waals surface area contributed by atoms with Gasteiger partial charge in [0, 0.05) is 30.1 Å². The summed E-state index contributed by atoms with van der Waals surface area (Å²) in [6.07, 6.45) is 4.00. The molecule has 39 heavy (non-hydrogen) atoms. The van der Waals surface area contributed by atoms with E-state index in [0.717, 1.165) is 40.9 Å². The fraction of sp³-hybridized carbons (Fsp3) is 0.0769. The molecule has 1 aliphatic heterocycles. The average Bonchev–Trinajstić information content (AvgIpc) is 3.53. The standard InChI is InChI=1S/C26H18N4O7S2/c1-15-4-6-16(7-5-15)23(31)21-22(17-3-2-12-27-13-17)29(25(33)24(21)32)26-28-14-20(38-26)39(36,37)19-10-8-18(9-11-19)30(34)35/h2-14,22,31H,1H3. The van der Waals surface area contributed by atoms with Gasteiger partial charge < -0.3 is 5.11 Å². The number of carbonyl (C=O) groups is 2. The van der Waals surface area contributed by atoms with E-state index in [2.05, 4.69) is 9.97 Å². The van der Waals surface area contributed by atoms with Gasteiger partial charge in [-0.1, -0.05) is 47.2 Å². The summed E-state index contributed by atoms with van der Waals surface area (Å²) < 4.78 is 26.2. The van der Waals surface area contributed by atoms with Crippen molar-refractivity contribution in [3.05, 3.63) is 112 Å². The number of non-ortho nitro benzene ring substituents is 1. The van der Waals surface area contributed by atoms with E-state index >= 15 is 0 Å². The minimum atomic E-state index is -4.14. The largest absolute Gasteiger partial charge is 0.507 e. The highest BCUT2D eigenvalue weighted by Gasteiger charge is 2.48. The third kappa shape index (κ3) is 4.57. The molecule has 5 rings (SSSR count). The number of ketones is 1. The number of sulfone groups is 1. The van der Waals surface area contributed by atoms with Gasteiger partial charge in [-0.2, -0.15) is 0 Å². The molecule has 1 unspecified atom stereocenters. The first kappa shape index (κ1) is 25.9. The van der Waals surface area contributed by atoms with E-state index in [1.165, 1.54) is 12.4 Å². The number of hydrogen-bond donors (Lipinski definition) is 1. The Morgan fingerprint density at radius 3 is 2.36 bits per heavy atom. The van der Waals surface area contributed by atoms with E-state index in [1.807, 2.05) is 6.92 Å². The molecule has 11 nitrogen and oxygen atoms in total. The van der Waals surface area contributed by atoms with Crippen LogP contribution in [0.4, 0.5) is 10.8 Å². The normalized spacial score (nSPS) is 16.9. The molecular weight excluding hydrogens is 544 g/mol. The zero-order chi connectivity index (χ0) is 27.9. The third-order valence-electron chi connectivity index (χ3n) is 6.07. The molecule has 0 spiro atoms. The number of aryl methyl sites for hydroxylation is 1. The maximum absolute atomic E-state index is 13.3. The van der Waals surface area contributed by atoms with Crippen LogP contribution in [0.25, 0.3) is 5.76 Å². The van der Waals surface area contributed by atoms with Crippen LogP contribution < -0.4 is 4.90 Å². The molecule has 0 radical (unpaired) electrons. The van der Waals surface area contributed by atoms with Crippen molar-refractivity contribution in [2.75, 3.05) is 4.90 Å². The lowest BCUT2D eigenvalue weighted by Gasteiger charge is -2.22. The molecule has 2 aromatic heterocycles. The second-order valence-electron chi connectivity index (χ2n) is 8.54. The molecule has 1 aliphatic rings. The van der Waals surface area contributed by atoms with Crippen LogP contribution in [0.1, 0.15) is 22.7 Å². The fourth-order valence-corrected chi connectivity index (χ4v) is 6.65. The van der Waals surface area contributed by atoms with Gasteiger partial charge in [0.15, 0.2) is 5.13 Å². The molecular formula is C26H18N4O7S2. The van der Waals surface area contributed by atoms with Crippen LogP contribution in [-0.2, 0) is 19.4 Å². The van der Waals surface area contributed by atoms with Crippen LogP contribution in [0.5, 0.6) is 0 Å². The van der Waals surface area contributed by atoms with Gasteiger partial charge in [0.1, 0.15) is 9.97 Å². The highest BCUT2D eigenvalue weighted by Crippen LogP contribution is 2.44. The van der Waals surface area contributed by atoms with Crippen LogP contribution in [0.15, 0.2) is 93.9 Å². The van der Waals surface area contributed by atoms with Gasteiger partial charge in [0.2, 0.25) is 9.84 Å². The van der Waals surface area contributed by atoms with Crippen molar-refractivity contribution < 1.29 is 28.0 Å². The summed E-state index contributed by atoms with van der Waals surface area (Å²) in [7, 11) is -4.14. The predicted molar refractivity (Wildman–Crippen MR) is 141 cm³/mol. The van der Waals surface area contributed by atoms with E-state index in [-0.39, 0.29) is 31.3 Å². The van der Waals surface area contributed by atoms with Crippen molar-refractivity contribution >= 4 is 49.4 Å². The molecule has 196 valence electrons. The minimum Gasteiger partial charge on any atom is -0.507 e. The average molecular weight is 563 g/mol. The lowest BCUT2D eigenvalue weighted by atomic mass is 9.96. The first-order valence-corrected chi connectivity index (χ1v) is 13.6. The van der Waals surface area contributed by atoms with Gasteiger partial charge in [0.25, 0.3) is 11.5 Å². The number of nitro benzene ring substituents is 1. The quantitative estimate of drug-likeness (QED) is 0.119. The van der Waals surface area contributed by atoms with Crippen LogP contribution in [0.3, 0.4) is 0 Å². The number of anilines is 1.